The van der Waals surface area contributed by atoms with Crippen molar-refractivity contribution in [2.45, 2.75) is 46.8 Å². The van der Waals surface area contributed by atoms with E-state index in [-0.39, 0.29) is 12.2 Å². The van der Waals surface area contributed by atoms with Gasteiger partial charge in [0.25, 0.3) is 5.52 Å². The normalized spacial score (nSPS) is 12.2. The van der Waals surface area contributed by atoms with Gasteiger partial charge in [-0.25, -0.2) is 0 Å². The summed E-state index contributed by atoms with van der Waals surface area (Å²) in [5, 5.41) is 0. The molecular formula is C14H21O4P. The molecular weight excluding hydrogens is 263 g/mol. The fraction of sp³-hybridized carbons (Fsp3) is 0.500. The first-order chi connectivity index (χ1) is 8.74. The molecule has 0 saturated heterocycles. The Morgan fingerprint density at radius 3 is 1.79 bits per heavy atom. The molecule has 4 nitrogen and oxygen atoms in total. The highest BCUT2D eigenvalue weighted by molar-refractivity contribution is 7.72. The summed E-state index contributed by atoms with van der Waals surface area (Å²) in [7, 11) is -3.80. The molecule has 5 heteroatoms. The van der Waals surface area contributed by atoms with E-state index in [0.29, 0.717) is 5.56 Å². The minimum atomic E-state index is -3.80. The standard InChI is InChI=1S/C14H21O4P/c1-10(2)17-19(16,18-11(3)4)14(15)13-8-6-12(5)7-9-13/h6-11H,1-5H3. The third-order valence-electron chi connectivity index (χ3n) is 2.25. The Morgan fingerprint density at radius 2 is 1.42 bits per heavy atom. The molecule has 1 aromatic carbocycles. The molecule has 0 N–H and O–H groups in total. The van der Waals surface area contributed by atoms with Crippen LogP contribution >= 0.6 is 7.60 Å². The van der Waals surface area contributed by atoms with Crippen molar-refractivity contribution in [3.8, 4) is 0 Å². The molecule has 0 bridgehead atoms. The highest BCUT2D eigenvalue weighted by atomic mass is 31.2. The smallest absolute Gasteiger partial charge is 0.300 e. The fourth-order valence-electron chi connectivity index (χ4n) is 1.53. The van der Waals surface area contributed by atoms with Crippen LogP contribution in [0.4, 0.5) is 0 Å². The maximum Gasteiger partial charge on any atom is 0.402 e. The molecule has 19 heavy (non-hydrogen) atoms. The summed E-state index contributed by atoms with van der Waals surface area (Å²) >= 11 is 0. The summed E-state index contributed by atoms with van der Waals surface area (Å²) in [5.74, 6) is 0. The average Bonchev–Trinajstić information content (AvgIpc) is 2.26. The van der Waals surface area contributed by atoms with Crippen molar-refractivity contribution in [3.63, 3.8) is 0 Å². The Balaban J connectivity index is 3.07. The Kier molecular flexibility index (Phi) is 5.48. The van der Waals surface area contributed by atoms with Crippen LogP contribution in [0.25, 0.3) is 0 Å². The molecule has 0 fully saturated rings. The van der Waals surface area contributed by atoms with E-state index in [4.69, 9.17) is 9.05 Å². The highest BCUT2D eigenvalue weighted by Crippen LogP contribution is 2.53. The number of rotatable bonds is 6. The lowest BCUT2D eigenvalue weighted by Crippen LogP contribution is -2.14. The van der Waals surface area contributed by atoms with Gasteiger partial charge in [-0.2, -0.15) is 0 Å². The van der Waals surface area contributed by atoms with Crippen LogP contribution in [0.3, 0.4) is 0 Å². The molecule has 0 saturated carbocycles. The summed E-state index contributed by atoms with van der Waals surface area (Å²) in [6.07, 6.45) is -0.696. The van der Waals surface area contributed by atoms with Gasteiger partial charge >= 0.3 is 7.60 Å². The SMILES string of the molecule is Cc1ccc(C(=O)P(=O)(OC(C)C)OC(C)C)cc1. The number of carbonyl (C=O) groups excluding carboxylic acids is 1. The molecule has 0 radical (unpaired) electrons. The number of benzene rings is 1. The predicted molar refractivity (Wildman–Crippen MR) is 75.6 cm³/mol. The van der Waals surface area contributed by atoms with Crippen LogP contribution in [0.5, 0.6) is 0 Å². The summed E-state index contributed by atoms with van der Waals surface area (Å²) in [6, 6.07) is 6.86. The fourth-order valence-corrected chi connectivity index (χ4v) is 3.35. The van der Waals surface area contributed by atoms with Crippen LogP contribution in [-0.2, 0) is 13.6 Å². The third kappa shape index (κ3) is 4.57. The minimum Gasteiger partial charge on any atom is -0.300 e. The van der Waals surface area contributed by atoms with Gasteiger partial charge in [0.2, 0.25) is 0 Å². The molecule has 0 aliphatic heterocycles. The monoisotopic (exact) mass is 284 g/mol. The van der Waals surface area contributed by atoms with Crippen molar-refractivity contribution >= 4 is 13.1 Å². The minimum absolute atomic E-state index is 0.343. The van der Waals surface area contributed by atoms with Crippen LogP contribution in [0.15, 0.2) is 24.3 Å². The molecule has 0 spiro atoms. The van der Waals surface area contributed by atoms with Crippen molar-refractivity contribution in [2.75, 3.05) is 0 Å². The zero-order chi connectivity index (χ0) is 14.6. The quantitative estimate of drug-likeness (QED) is 0.735. The molecule has 0 aliphatic carbocycles. The molecule has 1 aromatic rings. The number of hydrogen-bond donors (Lipinski definition) is 0. The zero-order valence-electron chi connectivity index (χ0n) is 12.0. The molecule has 106 valence electrons. The lowest BCUT2D eigenvalue weighted by molar-refractivity contribution is 0.0924. The number of hydrogen-bond acceptors (Lipinski definition) is 4. The first kappa shape index (κ1) is 16.1. The molecule has 1 rings (SSSR count). The van der Waals surface area contributed by atoms with Gasteiger partial charge in [-0.05, 0) is 34.6 Å². The molecule has 0 aliphatic rings. The topological polar surface area (TPSA) is 52.6 Å². The maximum atomic E-state index is 12.6. The predicted octanol–water partition coefficient (Wildman–Crippen LogP) is 4.18. The first-order valence-electron chi connectivity index (χ1n) is 6.33. The van der Waals surface area contributed by atoms with E-state index in [2.05, 4.69) is 0 Å². The van der Waals surface area contributed by atoms with Gasteiger partial charge in [0.05, 0.1) is 12.2 Å². The van der Waals surface area contributed by atoms with Gasteiger partial charge in [0, 0.05) is 5.56 Å². The van der Waals surface area contributed by atoms with Gasteiger partial charge in [0.15, 0.2) is 0 Å². The Labute approximate surface area is 114 Å². The summed E-state index contributed by atoms with van der Waals surface area (Å²) in [6.45, 7) is 8.80. The third-order valence-corrected chi connectivity index (χ3v) is 4.40. The average molecular weight is 284 g/mol. The second kappa shape index (κ2) is 6.47. The number of carbonyl (C=O) groups is 1. The van der Waals surface area contributed by atoms with Gasteiger partial charge in [0.1, 0.15) is 0 Å². The molecule has 0 unspecified atom stereocenters. The van der Waals surface area contributed by atoms with Gasteiger partial charge in [-0.15, -0.1) is 0 Å². The van der Waals surface area contributed by atoms with E-state index in [1.54, 1.807) is 52.0 Å². The second-order valence-electron chi connectivity index (χ2n) is 4.98. The van der Waals surface area contributed by atoms with E-state index in [1.165, 1.54) is 0 Å². The molecule has 0 amide bonds. The van der Waals surface area contributed by atoms with E-state index in [9.17, 15) is 9.36 Å². The van der Waals surface area contributed by atoms with Crippen LogP contribution in [0.1, 0.15) is 43.6 Å². The van der Waals surface area contributed by atoms with Crippen molar-refractivity contribution in [3.05, 3.63) is 35.4 Å². The van der Waals surface area contributed by atoms with Crippen molar-refractivity contribution < 1.29 is 18.4 Å². The lowest BCUT2D eigenvalue weighted by atomic mass is 10.2. The van der Waals surface area contributed by atoms with Crippen LogP contribution in [0.2, 0.25) is 0 Å². The summed E-state index contributed by atoms with van der Waals surface area (Å²) in [4.78, 5) is 12.3. The maximum absolute atomic E-state index is 12.6. The molecule has 0 atom stereocenters. The van der Waals surface area contributed by atoms with E-state index < -0.39 is 13.1 Å². The van der Waals surface area contributed by atoms with Gasteiger partial charge < -0.3 is 9.05 Å². The highest BCUT2D eigenvalue weighted by Gasteiger charge is 2.37. The molecule has 0 heterocycles. The summed E-state index contributed by atoms with van der Waals surface area (Å²) < 4.78 is 23.2. The largest absolute Gasteiger partial charge is 0.402 e. The second-order valence-corrected chi connectivity index (χ2v) is 6.80. The van der Waals surface area contributed by atoms with Crippen LogP contribution in [0, 0.1) is 6.92 Å². The Bertz CT molecular complexity index is 463. The van der Waals surface area contributed by atoms with Gasteiger partial charge in [-0.1, -0.05) is 29.8 Å². The van der Waals surface area contributed by atoms with Crippen LogP contribution in [-0.4, -0.2) is 17.7 Å². The molecule has 0 aromatic heterocycles. The summed E-state index contributed by atoms with van der Waals surface area (Å²) in [5.41, 5.74) is 0.783. The van der Waals surface area contributed by atoms with Crippen molar-refractivity contribution in [1.29, 1.82) is 0 Å². The Morgan fingerprint density at radius 1 is 1.00 bits per heavy atom. The Hall–Kier alpha value is -0.960. The van der Waals surface area contributed by atoms with E-state index in [1.807, 2.05) is 6.92 Å². The lowest BCUT2D eigenvalue weighted by Gasteiger charge is -2.21. The number of aryl methyl sites for hydroxylation is 1. The zero-order valence-corrected chi connectivity index (χ0v) is 12.9. The van der Waals surface area contributed by atoms with E-state index >= 15 is 0 Å². The van der Waals surface area contributed by atoms with Crippen molar-refractivity contribution in [1.82, 2.24) is 0 Å². The van der Waals surface area contributed by atoms with Crippen molar-refractivity contribution in [2.24, 2.45) is 0 Å². The van der Waals surface area contributed by atoms with Gasteiger partial charge in [-0.3, -0.25) is 9.36 Å². The van der Waals surface area contributed by atoms with Crippen LogP contribution < -0.4 is 0 Å². The first-order valence-corrected chi connectivity index (χ1v) is 7.87. The van der Waals surface area contributed by atoms with E-state index in [0.717, 1.165) is 5.56 Å².